The second kappa shape index (κ2) is 6.20. The van der Waals surface area contributed by atoms with Gasteiger partial charge in [0.15, 0.2) is 0 Å². The molecule has 1 aromatic heterocycles. The van der Waals surface area contributed by atoms with Crippen molar-refractivity contribution in [2.45, 2.75) is 31.3 Å². The molecule has 0 radical (unpaired) electrons. The Morgan fingerprint density at radius 1 is 0.935 bits per heavy atom. The van der Waals surface area contributed by atoms with Crippen LogP contribution in [-0.4, -0.2) is 11.1 Å². The van der Waals surface area contributed by atoms with Gasteiger partial charge in [-0.3, -0.25) is 4.79 Å². The highest BCUT2D eigenvalue weighted by molar-refractivity contribution is 6.04. The smallest absolute Gasteiger partial charge is 0.344 e. The van der Waals surface area contributed by atoms with Crippen LogP contribution in [0.15, 0.2) is 75.9 Å². The Balaban J connectivity index is 1.33. The molecule has 0 saturated heterocycles. The van der Waals surface area contributed by atoms with Crippen molar-refractivity contribution in [2.24, 2.45) is 5.41 Å². The molecule has 0 atom stereocenters. The fourth-order valence-corrected chi connectivity index (χ4v) is 5.39. The molecular formula is C26H20O5. The lowest BCUT2D eigenvalue weighted by atomic mass is 9.33. The molecule has 0 spiro atoms. The first-order valence-corrected chi connectivity index (χ1v) is 10.4. The summed E-state index contributed by atoms with van der Waals surface area (Å²) in [5, 5.41) is 11.6. The van der Waals surface area contributed by atoms with Crippen molar-refractivity contribution in [3.05, 3.63) is 88.3 Å². The topological polar surface area (TPSA) is 76.7 Å². The van der Waals surface area contributed by atoms with Crippen LogP contribution in [0.2, 0.25) is 0 Å². The zero-order valence-corrected chi connectivity index (χ0v) is 16.8. The summed E-state index contributed by atoms with van der Waals surface area (Å²) in [6.07, 6.45) is 1.96. The standard InChI is InChI=1S/C26H20O5/c27-23-21-10-17(25-13-26(14-25,15-25)24(28)29)6-8-19(21)20-9-7-18(11-22(20)31-23)30-12-16-4-2-1-3-5-16/h1-11H,12-15H2,(H,28,29). The SMILES string of the molecule is O=C(O)C12CC(c3ccc4c(c3)c(=O)oc3cc(OCc5ccccc5)ccc34)(C1)C2. The van der Waals surface area contributed by atoms with Crippen LogP contribution in [0.3, 0.4) is 0 Å². The van der Waals surface area contributed by atoms with Gasteiger partial charge in [-0.1, -0.05) is 42.5 Å². The van der Waals surface area contributed by atoms with Crippen molar-refractivity contribution in [1.29, 1.82) is 0 Å². The number of rotatable bonds is 5. The van der Waals surface area contributed by atoms with Crippen LogP contribution in [0.25, 0.3) is 21.7 Å². The Morgan fingerprint density at radius 2 is 1.68 bits per heavy atom. The van der Waals surface area contributed by atoms with Gasteiger partial charge in [-0.25, -0.2) is 4.79 Å². The molecule has 31 heavy (non-hydrogen) atoms. The van der Waals surface area contributed by atoms with Crippen LogP contribution < -0.4 is 10.4 Å². The number of carboxylic acid groups (broad SMARTS) is 1. The third kappa shape index (κ3) is 2.62. The van der Waals surface area contributed by atoms with E-state index in [0.29, 0.717) is 42.6 Å². The molecule has 2 bridgehead atoms. The Bertz CT molecular complexity index is 1400. The monoisotopic (exact) mass is 412 g/mol. The van der Waals surface area contributed by atoms with E-state index in [1.807, 2.05) is 60.7 Å². The molecule has 3 aromatic carbocycles. The lowest BCUT2D eigenvalue weighted by Crippen LogP contribution is -2.67. The maximum atomic E-state index is 12.8. The van der Waals surface area contributed by atoms with E-state index < -0.39 is 11.4 Å². The van der Waals surface area contributed by atoms with Gasteiger partial charge in [0.2, 0.25) is 0 Å². The van der Waals surface area contributed by atoms with Gasteiger partial charge >= 0.3 is 11.6 Å². The Labute approximate surface area is 177 Å². The molecule has 0 aliphatic heterocycles. The molecule has 5 nitrogen and oxygen atoms in total. The highest BCUT2D eigenvalue weighted by Gasteiger charge is 2.72. The highest BCUT2D eigenvalue weighted by Crippen LogP contribution is 2.73. The summed E-state index contributed by atoms with van der Waals surface area (Å²) in [6.45, 7) is 0.438. The second-order valence-electron chi connectivity index (χ2n) is 8.98. The quantitative estimate of drug-likeness (QED) is 0.367. The molecule has 3 aliphatic carbocycles. The minimum absolute atomic E-state index is 0.0941. The summed E-state index contributed by atoms with van der Waals surface area (Å²) in [5.74, 6) is -0.0609. The van der Waals surface area contributed by atoms with Crippen molar-refractivity contribution in [3.63, 3.8) is 0 Å². The number of carbonyl (C=O) groups is 1. The summed E-state index contributed by atoms with van der Waals surface area (Å²) in [7, 11) is 0. The average molecular weight is 412 g/mol. The van der Waals surface area contributed by atoms with Crippen molar-refractivity contribution in [2.75, 3.05) is 0 Å². The fraction of sp³-hybridized carbons (Fsp3) is 0.231. The third-order valence-corrected chi connectivity index (χ3v) is 7.03. The first-order chi connectivity index (χ1) is 15.0. The maximum Gasteiger partial charge on any atom is 0.344 e. The number of aliphatic carboxylic acids is 1. The summed E-state index contributed by atoms with van der Waals surface area (Å²) in [4.78, 5) is 24.2. The third-order valence-electron chi connectivity index (χ3n) is 7.03. The van der Waals surface area contributed by atoms with Gasteiger partial charge in [0.1, 0.15) is 17.9 Å². The first kappa shape index (κ1) is 18.2. The normalized spacial score (nSPS) is 23.9. The Hall–Kier alpha value is -3.60. The van der Waals surface area contributed by atoms with Crippen molar-refractivity contribution in [3.8, 4) is 5.75 Å². The summed E-state index contributed by atoms with van der Waals surface area (Å²) in [6, 6.07) is 21.3. The summed E-state index contributed by atoms with van der Waals surface area (Å²) >= 11 is 0. The molecular weight excluding hydrogens is 392 g/mol. The molecule has 3 saturated carbocycles. The summed E-state index contributed by atoms with van der Waals surface area (Å²) in [5.41, 5.74) is 1.57. The van der Waals surface area contributed by atoms with Crippen molar-refractivity contribution >= 4 is 27.7 Å². The van der Waals surface area contributed by atoms with Crippen LogP contribution in [-0.2, 0) is 16.8 Å². The lowest BCUT2D eigenvalue weighted by molar-refractivity contribution is -0.194. The lowest BCUT2D eigenvalue weighted by Gasteiger charge is -2.68. The molecule has 0 amide bonds. The van der Waals surface area contributed by atoms with Gasteiger partial charge in [0.25, 0.3) is 0 Å². The molecule has 1 heterocycles. The molecule has 1 N–H and O–H groups in total. The molecule has 7 rings (SSSR count). The van der Waals surface area contributed by atoms with Crippen LogP contribution >= 0.6 is 0 Å². The zero-order valence-electron chi connectivity index (χ0n) is 16.8. The minimum atomic E-state index is -0.703. The molecule has 3 fully saturated rings. The number of carboxylic acids is 1. The predicted molar refractivity (Wildman–Crippen MR) is 116 cm³/mol. The number of hydrogen-bond donors (Lipinski definition) is 1. The van der Waals surface area contributed by atoms with Gasteiger partial charge in [0.05, 0.1) is 10.8 Å². The minimum Gasteiger partial charge on any atom is -0.489 e. The maximum absolute atomic E-state index is 12.8. The molecule has 5 heteroatoms. The number of benzene rings is 3. The van der Waals surface area contributed by atoms with E-state index in [1.165, 1.54) is 0 Å². The summed E-state index contributed by atoms with van der Waals surface area (Å²) < 4.78 is 11.5. The largest absolute Gasteiger partial charge is 0.489 e. The zero-order chi connectivity index (χ0) is 21.2. The number of hydrogen-bond acceptors (Lipinski definition) is 4. The molecule has 4 aromatic rings. The Morgan fingerprint density at radius 3 is 2.42 bits per heavy atom. The van der Waals surface area contributed by atoms with E-state index in [9.17, 15) is 14.7 Å². The molecule has 154 valence electrons. The van der Waals surface area contributed by atoms with E-state index in [4.69, 9.17) is 9.15 Å². The van der Waals surface area contributed by atoms with Gasteiger partial charge in [-0.15, -0.1) is 0 Å². The van der Waals surface area contributed by atoms with Crippen molar-refractivity contribution < 1.29 is 19.1 Å². The highest BCUT2D eigenvalue weighted by atomic mass is 16.5. The van der Waals surface area contributed by atoms with Gasteiger partial charge in [-0.05, 0) is 59.4 Å². The molecule has 0 unspecified atom stereocenters. The van der Waals surface area contributed by atoms with Crippen molar-refractivity contribution in [1.82, 2.24) is 0 Å². The van der Waals surface area contributed by atoms with Crippen LogP contribution in [0.1, 0.15) is 30.4 Å². The van der Waals surface area contributed by atoms with E-state index >= 15 is 0 Å². The fourth-order valence-electron chi connectivity index (χ4n) is 5.39. The van der Waals surface area contributed by atoms with E-state index in [0.717, 1.165) is 21.9 Å². The first-order valence-electron chi connectivity index (χ1n) is 10.4. The number of fused-ring (bicyclic) bond motifs is 3. The molecule has 3 aliphatic rings. The van der Waals surface area contributed by atoms with Gasteiger partial charge in [0, 0.05) is 11.5 Å². The van der Waals surface area contributed by atoms with Gasteiger partial charge in [-0.2, -0.15) is 0 Å². The number of ether oxygens (including phenoxy) is 1. The second-order valence-corrected chi connectivity index (χ2v) is 8.98. The Kier molecular flexibility index (Phi) is 3.64. The van der Waals surface area contributed by atoms with Crippen LogP contribution in [0.4, 0.5) is 0 Å². The van der Waals surface area contributed by atoms with Gasteiger partial charge < -0.3 is 14.3 Å². The van der Waals surface area contributed by atoms with Crippen LogP contribution in [0.5, 0.6) is 5.75 Å². The van der Waals surface area contributed by atoms with Crippen LogP contribution in [0, 0.1) is 5.41 Å². The average Bonchev–Trinajstić information content (AvgIpc) is 2.71. The van der Waals surface area contributed by atoms with E-state index in [-0.39, 0.29) is 11.0 Å². The predicted octanol–water partition coefficient (Wildman–Crippen LogP) is 5.03. The van der Waals surface area contributed by atoms with E-state index in [2.05, 4.69) is 0 Å². The van der Waals surface area contributed by atoms with E-state index in [1.54, 1.807) is 6.07 Å².